The maximum Gasteiger partial charge on any atom is 0.326 e. The number of benzene rings is 1. The van der Waals surface area contributed by atoms with Crippen molar-refractivity contribution in [3.05, 3.63) is 58.0 Å². The van der Waals surface area contributed by atoms with E-state index in [2.05, 4.69) is 5.32 Å². The quantitative estimate of drug-likeness (QED) is 0.889. The van der Waals surface area contributed by atoms with Crippen molar-refractivity contribution in [2.45, 2.75) is 12.5 Å². The Kier molecular flexibility index (Phi) is 4.47. The van der Waals surface area contributed by atoms with Crippen LogP contribution in [0.4, 0.5) is 4.39 Å². The summed E-state index contributed by atoms with van der Waals surface area (Å²) < 4.78 is 12.8. The van der Waals surface area contributed by atoms with E-state index in [0.717, 1.165) is 0 Å². The smallest absolute Gasteiger partial charge is 0.326 e. The van der Waals surface area contributed by atoms with Crippen LogP contribution in [0.1, 0.15) is 15.2 Å². The van der Waals surface area contributed by atoms with Gasteiger partial charge in [-0.2, -0.15) is 0 Å². The first-order valence-electron chi connectivity index (χ1n) is 5.88. The van der Waals surface area contributed by atoms with Crippen LogP contribution in [0.25, 0.3) is 0 Å². The highest BCUT2D eigenvalue weighted by molar-refractivity contribution is 7.12. The average molecular weight is 293 g/mol. The molecule has 6 heteroatoms. The van der Waals surface area contributed by atoms with Gasteiger partial charge in [-0.05, 0) is 29.1 Å². The maximum absolute atomic E-state index is 12.8. The minimum atomic E-state index is -1.13. The SMILES string of the molecule is O=C(NC(Cc1ccc(F)cc1)C(=O)O)c1cccs1. The molecular weight excluding hydrogens is 281 g/mol. The van der Waals surface area contributed by atoms with Gasteiger partial charge in [-0.3, -0.25) is 4.79 Å². The Morgan fingerprint density at radius 2 is 1.95 bits per heavy atom. The molecule has 1 heterocycles. The number of aliphatic carboxylic acids is 1. The van der Waals surface area contributed by atoms with Crippen LogP contribution in [0.15, 0.2) is 41.8 Å². The minimum absolute atomic E-state index is 0.104. The van der Waals surface area contributed by atoms with Crippen LogP contribution in [0, 0.1) is 5.82 Å². The summed E-state index contributed by atoms with van der Waals surface area (Å²) in [5.41, 5.74) is 0.644. The first-order chi connectivity index (χ1) is 9.56. The number of carbonyl (C=O) groups is 2. The van der Waals surface area contributed by atoms with Crippen molar-refractivity contribution in [3.8, 4) is 0 Å². The molecule has 0 aliphatic rings. The van der Waals surface area contributed by atoms with E-state index in [-0.39, 0.29) is 12.2 Å². The molecule has 2 aromatic rings. The molecule has 0 fully saturated rings. The number of thiophene rings is 1. The van der Waals surface area contributed by atoms with Crippen LogP contribution in [-0.4, -0.2) is 23.0 Å². The fourth-order valence-corrected chi connectivity index (χ4v) is 2.32. The Hall–Kier alpha value is -2.21. The summed E-state index contributed by atoms with van der Waals surface area (Å²) in [5, 5.41) is 13.4. The molecule has 0 saturated heterocycles. The number of hydrogen-bond donors (Lipinski definition) is 2. The summed E-state index contributed by atoms with van der Waals surface area (Å²) in [4.78, 5) is 23.5. The molecule has 0 spiro atoms. The van der Waals surface area contributed by atoms with Crippen molar-refractivity contribution in [1.82, 2.24) is 5.32 Å². The zero-order chi connectivity index (χ0) is 14.5. The van der Waals surface area contributed by atoms with E-state index >= 15 is 0 Å². The summed E-state index contributed by atoms with van der Waals surface area (Å²) in [6, 6.07) is 7.82. The zero-order valence-corrected chi connectivity index (χ0v) is 11.2. The molecular formula is C14H12FNO3S. The Balaban J connectivity index is 2.06. The third kappa shape index (κ3) is 3.64. The second-order valence-corrected chi connectivity index (χ2v) is 5.12. The molecule has 2 rings (SSSR count). The van der Waals surface area contributed by atoms with Crippen LogP contribution in [0.3, 0.4) is 0 Å². The van der Waals surface area contributed by atoms with Gasteiger partial charge in [-0.25, -0.2) is 9.18 Å². The zero-order valence-electron chi connectivity index (χ0n) is 10.4. The number of carboxylic acids is 1. The Morgan fingerprint density at radius 1 is 1.25 bits per heavy atom. The summed E-state index contributed by atoms with van der Waals surface area (Å²) in [5.74, 6) is -1.93. The average Bonchev–Trinajstić information content (AvgIpc) is 2.94. The summed E-state index contributed by atoms with van der Waals surface area (Å²) in [7, 11) is 0. The lowest BCUT2D eigenvalue weighted by atomic mass is 10.1. The van der Waals surface area contributed by atoms with Crippen LogP contribution >= 0.6 is 11.3 Å². The molecule has 2 N–H and O–H groups in total. The number of rotatable bonds is 5. The molecule has 0 bridgehead atoms. The third-order valence-electron chi connectivity index (χ3n) is 2.70. The van der Waals surface area contributed by atoms with Gasteiger partial charge < -0.3 is 10.4 Å². The number of nitrogens with one attached hydrogen (secondary N) is 1. The van der Waals surface area contributed by atoms with Gasteiger partial charge >= 0.3 is 5.97 Å². The molecule has 104 valence electrons. The first-order valence-corrected chi connectivity index (χ1v) is 6.76. The largest absolute Gasteiger partial charge is 0.480 e. The number of hydrogen-bond acceptors (Lipinski definition) is 3. The van der Waals surface area contributed by atoms with E-state index in [1.807, 2.05) is 0 Å². The van der Waals surface area contributed by atoms with Crippen LogP contribution in [-0.2, 0) is 11.2 Å². The normalized spacial score (nSPS) is 11.8. The van der Waals surface area contributed by atoms with E-state index in [0.29, 0.717) is 10.4 Å². The topological polar surface area (TPSA) is 66.4 Å². The molecule has 0 radical (unpaired) electrons. The highest BCUT2D eigenvalue weighted by atomic mass is 32.1. The van der Waals surface area contributed by atoms with Crippen LogP contribution in [0.5, 0.6) is 0 Å². The monoisotopic (exact) mass is 293 g/mol. The van der Waals surface area contributed by atoms with Crippen molar-refractivity contribution in [1.29, 1.82) is 0 Å². The van der Waals surface area contributed by atoms with Gasteiger partial charge in [0.2, 0.25) is 0 Å². The van der Waals surface area contributed by atoms with Crippen LogP contribution < -0.4 is 5.32 Å². The van der Waals surface area contributed by atoms with E-state index in [1.165, 1.54) is 35.6 Å². The van der Waals surface area contributed by atoms with Gasteiger partial charge in [0.25, 0.3) is 5.91 Å². The van der Waals surface area contributed by atoms with E-state index in [9.17, 15) is 14.0 Å². The molecule has 0 aliphatic heterocycles. The molecule has 1 aromatic heterocycles. The van der Waals surface area contributed by atoms with Gasteiger partial charge in [0.05, 0.1) is 4.88 Å². The summed E-state index contributed by atoms with van der Waals surface area (Å²) >= 11 is 1.24. The van der Waals surface area contributed by atoms with E-state index in [1.54, 1.807) is 17.5 Å². The van der Waals surface area contributed by atoms with Gasteiger partial charge in [0.1, 0.15) is 11.9 Å². The summed E-state index contributed by atoms with van der Waals surface area (Å²) in [6.07, 6.45) is 0.104. The Morgan fingerprint density at radius 3 is 2.50 bits per heavy atom. The standard InChI is InChI=1S/C14H12FNO3S/c15-10-5-3-9(4-6-10)8-11(14(18)19)16-13(17)12-2-1-7-20-12/h1-7,11H,8H2,(H,16,17)(H,18,19). The molecule has 1 aromatic carbocycles. The molecule has 1 unspecified atom stereocenters. The van der Waals surface area contributed by atoms with Gasteiger partial charge in [0, 0.05) is 6.42 Å². The highest BCUT2D eigenvalue weighted by Crippen LogP contribution is 2.10. The number of halogens is 1. The lowest BCUT2D eigenvalue weighted by molar-refractivity contribution is -0.139. The predicted octanol–water partition coefficient (Wildman–Crippen LogP) is 2.31. The van der Waals surface area contributed by atoms with Crippen molar-refractivity contribution in [3.63, 3.8) is 0 Å². The van der Waals surface area contributed by atoms with Crippen molar-refractivity contribution >= 4 is 23.2 Å². The second kappa shape index (κ2) is 6.29. The van der Waals surface area contributed by atoms with Crippen molar-refractivity contribution < 1.29 is 19.1 Å². The molecule has 1 amide bonds. The fraction of sp³-hybridized carbons (Fsp3) is 0.143. The second-order valence-electron chi connectivity index (χ2n) is 4.17. The van der Waals surface area contributed by atoms with Gasteiger partial charge in [0.15, 0.2) is 0 Å². The Labute approximate surface area is 118 Å². The molecule has 20 heavy (non-hydrogen) atoms. The van der Waals surface area contributed by atoms with Gasteiger partial charge in [-0.15, -0.1) is 11.3 Å². The molecule has 0 saturated carbocycles. The van der Waals surface area contributed by atoms with E-state index in [4.69, 9.17) is 5.11 Å². The molecule has 1 atom stereocenters. The summed E-state index contributed by atoms with van der Waals surface area (Å²) in [6.45, 7) is 0. The molecule has 0 aliphatic carbocycles. The number of amides is 1. The first kappa shape index (κ1) is 14.2. The fourth-order valence-electron chi connectivity index (χ4n) is 1.69. The predicted molar refractivity (Wildman–Crippen MR) is 73.3 cm³/mol. The number of carboxylic acid groups (broad SMARTS) is 1. The minimum Gasteiger partial charge on any atom is -0.480 e. The van der Waals surface area contributed by atoms with Crippen molar-refractivity contribution in [2.75, 3.05) is 0 Å². The lowest BCUT2D eigenvalue weighted by Gasteiger charge is -2.14. The van der Waals surface area contributed by atoms with Crippen LogP contribution in [0.2, 0.25) is 0 Å². The maximum atomic E-state index is 12.8. The van der Waals surface area contributed by atoms with Crippen molar-refractivity contribution in [2.24, 2.45) is 0 Å². The number of carbonyl (C=O) groups excluding carboxylic acids is 1. The Bertz CT molecular complexity index is 595. The van der Waals surface area contributed by atoms with Gasteiger partial charge in [-0.1, -0.05) is 18.2 Å². The molecule has 4 nitrogen and oxygen atoms in total. The third-order valence-corrected chi connectivity index (χ3v) is 3.57. The lowest BCUT2D eigenvalue weighted by Crippen LogP contribution is -2.42. The van der Waals surface area contributed by atoms with E-state index < -0.39 is 17.9 Å². The highest BCUT2D eigenvalue weighted by Gasteiger charge is 2.21.